The summed E-state index contributed by atoms with van der Waals surface area (Å²) in [6, 6.07) is 0.514. The van der Waals surface area contributed by atoms with Crippen molar-refractivity contribution in [3.05, 3.63) is 0 Å². The summed E-state index contributed by atoms with van der Waals surface area (Å²) in [6.07, 6.45) is 0.0115. The van der Waals surface area contributed by atoms with Gasteiger partial charge >= 0.3 is 5.97 Å². The van der Waals surface area contributed by atoms with Gasteiger partial charge in [0.2, 0.25) is 0 Å². The summed E-state index contributed by atoms with van der Waals surface area (Å²) < 4.78 is 10.9. The van der Waals surface area contributed by atoms with Gasteiger partial charge in [-0.1, -0.05) is 0 Å². The van der Waals surface area contributed by atoms with E-state index >= 15 is 0 Å². The van der Waals surface area contributed by atoms with Crippen molar-refractivity contribution in [1.82, 2.24) is 4.90 Å². The van der Waals surface area contributed by atoms with Gasteiger partial charge in [-0.15, -0.1) is 0 Å². The minimum absolute atomic E-state index is 0.0115. The molecule has 100 valence electrons. The van der Waals surface area contributed by atoms with Crippen molar-refractivity contribution in [2.24, 2.45) is 5.41 Å². The number of carbonyl (C=O) groups is 1. The quantitative estimate of drug-likeness (QED) is 0.707. The monoisotopic (exact) mass is 243 g/mol. The molecule has 4 nitrogen and oxygen atoms in total. The van der Waals surface area contributed by atoms with Crippen LogP contribution in [0.2, 0.25) is 0 Å². The molecule has 0 aromatic carbocycles. The summed E-state index contributed by atoms with van der Waals surface area (Å²) in [4.78, 5) is 14.0. The predicted molar refractivity (Wildman–Crippen MR) is 66.9 cm³/mol. The van der Waals surface area contributed by atoms with Crippen LogP contribution in [-0.4, -0.2) is 49.3 Å². The molecule has 0 spiro atoms. The van der Waals surface area contributed by atoms with Crippen LogP contribution >= 0.6 is 0 Å². The number of rotatable bonds is 3. The highest BCUT2D eigenvalue weighted by molar-refractivity contribution is 5.75. The molecule has 4 heteroatoms. The Balaban J connectivity index is 2.35. The third kappa shape index (κ3) is 4.64. The Labute approximate surface area is 104 Å². The molecule has 0 saturated carbocycles. The molecule has 1 aliphatic rings. The van der Waals surface area contributed by atoms with Gasteiger partial charge in [0.1, 0.15) is 12.7 Å². The molecule has 0 unspecified atom stereocenters. The highest BCUT2D eigenvalue weighted by atomic mass is 16.6. The highest BCUT2D eigenvalue weighted by Gasteiger charge is 2.27. The van der Waals surface area contributed by atoms with Gasteiger partial charge in [-0.05, 0) is 34.6 Å². The van der Waals surface area contributed by atoms with Gasteiger partial charge in [0.05, 0.1) is 12.0 Å². The minimum atomic E-state index is -0.438. The van der Waals surface area contributed by atoms with E-state index in [0.717, 1.165) is 19.7 Å². The minimum Gasteiger partial charge on any atom is -0.462 e. The first-order valence-corrected chi connectivity index (χ1v) is 6.33. The lowest BCUT2D eigenvalue weighted by Crippen LogP contribution is -2.47. The van der Waals surface area contributed by atoms with E-state index in [9.17, 15) is 4.79 Å². The highest BCUT2D eigenvalue weighted by Crippen LogP contribution is 2.16. The fourth-order valence-corrected chi connectivity index (χ4v) is 1.70. The van der Waals surface area contributed by atoms with E-state index in [1.807, 2.05) is 20.8 Å². The maximum Gasteiger partial charge on any atom is 0.311 e. The smallest absolute Gasteiger partial charge is 0.311 e. The summed E-state index contributed by atoms with van der Waals surface area (Å²) in [7, 11) is 0. The van der Waals surface area contributed by atoms with Crippen molar-refractivity contribution in [2.75, 3.05) is 26.3 Å². The van der Waals surface area contributed by atoms with Crippen LogP contribution in [0.25, 0.3) is 0 Å². The maximum atomic E-state index is 11.6. The molecule has 1 saturated heterocycles. The molecular formula is C13H25NO3. The molecule has 0 bridgehead atoms. The van der Waals surface area contributed by atoms with Crippen molar-refractivity contribution < 1.29 is 14.3 Å². The normalized spacial score (nSPS) is 22.8. The Morgan fingerprint density at radius 1 is 1.47 bits per heavy atom. The zero-order valence-corrected chi connectivity index (χ0v) is 11.7. The Morgan fingerprint density at radius 2 is 2.12 bits per heavy atom. The van der Waals surface area contributed by atoms with Crippen LogP contribution in [0.1, 0.15) is 34.6 Å². The molecule has 0 N–H and O–H groups in total. The van der Waals surface area contributed by atoms with E-state index in [1.54, 1.807) is 0 Å². The first-order valence-electron chi connectivity index (χ1n) is 6.33. The average Bonchev–Trinajstić information content (AvgIpc) is 2.25. The fourth-order valence-electron chi connectivity index (χ4n) is 1.70. The first kappa shape index (κ1) is 14.5. The van der Waals surface area contributed by atoms with E-state index in [0.29, 0.717) is 12.6 Å². The maximum absolute atomic E-state index is 11.6. The molecule has 0 amide bonds. The number of hydrogen-bond acceptors (Lipinski definition) is 4. The SMILES string of the molecule is CC(C)N1CCO[C@@H](COC(=O)C(C)(C)C)C1. The molecule has 0 radical (unpaired) electrons. The average molecular weight is 243 g/mol. The van der Waals surface area contributed by atoms with E-state index in [-0.39, 0.29) is 12.1 Å². The third-order valence-corrected chi connectivity index (χ3v) is 2.91. The molecule has 1 heterocycles. The van der Waals surface area contributed by atoms with Crippen LogP contribution in [0.4, 0.5) is 0 Å². The van der Waals surface area contributed by atoms with Gasteiger partial charge in [0.25, 0.3) is 0 Å². The number of esters is 1. The topological polar surface area (TPSA) is 38.8 Å². The Kier molecular flexibility index (Phi) is 4.95. The van der Waals surface area contributed by atoms with E-state index in [2.05, 4.69) is 18.7 Å². The number of hydrogen-bond donors (Lipinski definition) is 0. The van der Waals surface area contributed by atoms with Crippen molar-refractivity contribution in [1.29, 1.82) is 0 Å². The standard InChI is InChI=1S/C13H25NO3/c1-10(2)14-6-7-16-11(8-14)9-17-12(15)13(3,4)5/h10-11H,6-9H2,1-5H3/t11-/m1/s1. The Morgan fingerprint density at radius 3 is 2.65 bits per heavy atom. The van der Waals surface area contributed by atoms with Gasteiger partial charge in [-0.3, -0.25) is 9.69 Å². The zero-order chi connectivity index (χ0) is 13.1. The third-order valence-electron chi connectivity index (χ3n) is 2.91. The second-order valence-electron chi connectivity index (χ2n) is 5.93. The van der Waals surface area contributed by atoms with Crippen LogP contribution in [-0.2, 0) is 14.3 Å². The molecule has 1 fully saturated rings. The van der Waals surface area contributed by atoms with Crippen molar-refractivity contribution in [2.45, 2.75) is 46.8 Å². The van der Waals surface area contributed by atoms with Crippen LogP contribution in [0, 0.1) is 5.41 Å². The predicted octanol–water partition coefficient (Wildman–Crippen LogP) is 1.68. The van der Waals surface area contributed by atoms with Crippen LogP contribution in [0.15, 0.2) is 0 Å². The molecule has 0 aliphatic carbocycles. The van der Waals surface area contributed by atoms with Crippen LogP contribution in [0.3, 0.4) is 0 Å². The van der Waals surface area contributed by atoms with Crippen molar-refractivity contribution in [3.8, 4) is 0 Å². The molecule has 1 aliphatic heterocycles. The summed E-state index contributed by atoms with van der Waals surface area (Å²) in [5.41, 5.74) is -0.438. The van der Waals surface area contributed by atoms with E-state index in [4.69, 9.17) is 9.47 Å². The van der Waals surface area contributed by atoms with E-state index in [1.165, 1.54) is 0 Å². The summed E-state index contributed by atoms with van der Waals surface area (Å²) >= 11 is 0. The summed E-state index contributed by atoms with van der Waals surface area (Å²) in [6.45, 7) is 12.8. The second kappa shape index (κ2) is 5.83. The molecule has 1 atom stereocenters. The Hall–Kier alpha value is -0.610. The lowest BCUT2D eigenvalue weighted by molar-refractivity contribution is -0.159. The van der Waals surface area contributed by atoms with Gasteiger partial charge in [-0.25, -0.2) is 0 Å². The number of ether oxygens (including phenoxy) is 2. The van der Waals surface area contributed by atoms with Gasteiger partial charge in [0, 0.05) is 19.1 Å². The molecule has 17 heavy (non-hydrogen) atoms. The first-order chi connectivity index (χ1) is 7.80. The fraction of sp³-hybridized carbons (Fsp3) is 0.923. The summed E-state index contributed by atoms with van der Waals surface area (Å²) in [5, 5.41) is 0. The Bertz CT molecular complexity index is 258. The number of carbonyl (C=O) groups excluding carboxylic acids is 1. The zero-order valence-electron chi connectivity index (χ0n) is 11.7. The van der Waals surface area contributed by atoms with E-state index < -0.39 is 5.41 Å². The van der Waals surface area contributed by atoms with Gasteiger partial charge in [-0.2, -0.15) is 0 Å². The summed E-state index contributed by atoms with van der Waals surface area (Å²) in [5.74, 6) is -0.164. The number of morpholine rings is 1. The molecule has 1 rings (SSSR count). The molecule has 0 aromatic rings. The van der Waals surface area contributed by atoms with Crippen molar-refractivity contribution in [3.63, 3.8) is 0 Å². The van der Waals surface area contributed by atoms with Gasteiger partial charge in [0.15, 0.2) is 0 Å². The van der Waals surface area contributed by atoms with Crippen LogP contribution in [0.5, 0.6) is 0 Å². The largest absolute Gasteiger partial charge is 0.462 e. The number of nitrogens with zero attached hydrogens (tertiary/aromatic N) is 1. The van der Waals surface area contributed by atoms with Crippen molar-refractivity contribution >= 4 is 5.97 Å². The second-order valence-corrected chi connectivity index (χ2v) is 5.93. The lowest BCUT2D eigenvalue weighted by atomic mass is 9.97. The van der Waals surface area contributed by atoms with Crippen LogP contribution < -0.4 is 0 Å². The molecule has 0 aromatic heterocycles. The van der Waals surface area contributed by atoms with Gasteiger partial charge < -0.3 is 9.47 Å². The lowest BCUT2D eigenvalue weighted by Gasteiger charge is -2.35. The molecular weight excluding hydrogens is 218 g/mol.